The van der Waals surface area contributed by atoms with Gasteiger partial charge >= 0.3 is 5.69 Å². The molecular weight excluding hydrogens is 237 g/mol. The minimum absolute atomic E-state index is 0.132. The Morgan fingerprint density at radius 1 is 1.50 bits per heavy atom. The monoisotopic (exact) mass is 249 g/mol. The van der Waals surface area contributed by atoms with Crippen molar-refractivity contribution in [2.75, 3.05) is 20.1 Å². The van der Waals surface area contributed by atoms with Crippen LogP contribution in [0, 0.1) is 5.82 Å². The summed E-state index contributed by atoms with van der Waals surface area (Å²) in [6.45, 7) is 3.34. The zero-order chi connectivity index (χ0) is 12.3. The Morgan fingerprint density at radius 3 is 2.69 bits per heavy atom. The lowest BCUT2D eigenvalue weighted by molar-refractivity contribution is 0.328. The Kier molecular flexibility index (Phi) is 4.26. The summed E-state index contributed by atoms with van der Waals surface area (Å²) < 4.78 is 13.9. The lowest BCUT2D eigenvalue weighted by atomic mass is 10.5. The van der Waals surface area contributed by atoms with Gasteiger partial charge in [0.2, 0.25) is 5.82 Å². The molecule has 1 heterocycles. The Bertz CT molecular complexity index is 483. The Hall–Kier alpha value is -1.14. The molecule has 1 N–H and O–H groups in total. The van der Waals surface area contributed by atoms with Crippen LogP contribution >= 0.6 is 11.6 Å². The molecule has 5 nitrogen and oxygen atoms in total. The van der Waals surface area contributed by atoms with Gasteiger partial charge in [0.1, 0.15) is 0 Å². The van der Waals surface area contributed by atoms with Gasteiger partial charge in [-0.25, -0.2) is 4.79 Å². The molecule has 0 aliphatic rings. The highest BCUT2D eigenvalue weighted by Crippen LogP contribution is 2.01. The zero-order valence-corrected chi connectivity index (χ0v) is 9.84. The van der Waals surface area contributed by atoms with Crippen molar-refractivity contribution in [3.63, 3.8) is 0 Å². The summed E-state index contributed by atoms with van der Waals surface area (Å²) in [6.07, 6.45) is 0. The molecule has 0 aliphatic carbocycles. The molecule has 1 aromatic rings. The highest BCUT2D eigenvalue weighted by atomic mass is 35.5. The van der Waals surface area contributed by atoms with E-state index in [0.717, 1.165) is 11.1 Å². The number of halogens is 2. The SMILES string of the molecule is CCN(C)CCn1c(=O)[nH]c(Cl)c(F)c1=O. The lowest BCUT2D eigenvalue weighted by Crippen LogP contribution is -2.40. The predicted octanol–water partition coefficient (Wildman–Crippen LogP) is 0.281. The van der Waals surface area contributed by atoms with E-state index in [1.807, 2.05) is 18.9 Å². The van der Waals surface area contributed by atoms with E-state index >= 15 is 0 Å². The van der Waals surface area contributed by atoms with Crippen LogP contribution in [0.3, 0.4) is 0 Å². The van der Waals surface area contributed by atoms with E-state index in [-0.39, 0.29) is 6.54 Å². The normalized spacial score (nSPS) is 11.1. The maximum absolute atomic E-state index is 13.1. The summed E-state index contributed by atoms with van der Waals surface area (Å²) in [6, 6.07) is 0. The third-order valence-corrected chi connectivity index (χ3v) is 2.59. The molecule has 90 valence electrons. The van der Waals surface area contributed by atoms with E-state index in [1.165, 1.54) is 0 Å². The second kappa shape index (κ2) is 5.27. The van der Waals surface area contributed by atoms with Gasteiger partial charge in [0.25, 0.3) is 5.56 Å². The van der Waals surface area contributed by atoms with Gasteiger partial charge in [0, 0.05) is 13.1 Å². The van der Waals surface area contributed by atoms with Gasteiger partial charge in [-0.1, -0.05) is 18.5 Å². The Morgan fingerprint density at radius 2 is 2.12 bits per heavy atom. The van der Waals surface area contributed by atoms with Crippen LogP contribution in [0.1, 0.15) is 6.92 Å². The molecule has 1 aromatic heterocycles. The average molecular weight is 250 g/mol. The summed E-state index contributed by atoms with van der Waals surface area (Å²) in [5.41, 5.74) is -1.68. The van der Waals surface area contributed by atoms with E-state index in [2.05, 4.69) is 4.98 Å². The number of nitrogens with zero attached hydrogens (tertiary/aromatic N) is 2. The van der Waals surface area contributed by atoms with Crippen molar-refractivity contribution in [3.05, 3.63) is 31.8 Å². The van der Waals surface area contributed by atoms with Crippen molar-refractivity contribution in [1.29, 1.82) is 0 Å². The minimum Gasteiger partial charge on any atom is -0.305 e. The highest BCUT2D eigenvalue weighted by Gasteiger charge is 2.12. The van der Waals surface area contributed by atoms with E-state index < -0.39 is 22.2 Å². The minimum atomic E-state index is -1.12. The summed E-state index contributed by atoms with van der Waals surface area (Å²) >= 11 is 5.33. The average Bonchev–Trinajstić information content (AvgIpc) is 2.25. The van der Waals surface area contributed by atoms with Crippen LogP contribution in [0.15, 0.2) is 9.59 Å². The molecule has 0 bridgehead atoms. The van der Waals surface area contributed by atoms with Crippen molar-refractivity contribution in [3.8, 4) is 0 Å². The number of aromatic nitrogens is 2. The fourth-order valence-electron chi connectivity index (χ4n) is 1.15. The van der Waals surface area contributed by atoms with Crippen LogP contribution in [0.2, 0.25) is 5.15 Å². The zero-order valence-electron chi connectivity index (χ0n) is 9.09. The van der Waals surface area contributed by atoms with Gasteiger partial charge in [-0.3, -0.25) is 14.3 Å². The number of rotatable bonds is 4. The first kappa shape index (κ1) is 12.9. The van der Waals surface area contributed by atoms with Gasteiger partial charge in [-0.05, 0) is 13.6 Å². The Labute approximate surface area is 96.5 Å². The lowest BCUT2D eigenvalue weighted by Gasteiger charge is -2.13. The van der Waals surface area contributed by atoms with Gasteiger partial charge in [-0.2, -0.15) is 4.39 Å². The largest absolute Gasteiger partial charge is 0.329 e. The summed E-state index contributed by atoms with van der Waals surface area (Å²) in [5, 5.41) is -0.546. The molecule has 0 atom stereocenters. The molecule has 0 aliphatic heterocycles. The van der Waals surface area contributed by atoms with Crippen LogP contribution in [-0.4, -0.2) is 34.6 Å². The fraction of sp³-hybridized carbons (Fsp3) is 0.556. The number of hydrogen-bond acceptors (Lipinski definition) is 3. The highest BCUT2D eigenvalue weighted by molar-refractivity contribution is 6.29. The maximum atomic E-state index is 13.1. The first-order chi connectivity index (χ1) is 7.47. The molecule has 0 radical (unpaired) electrons. The van der Waals surface area contributed by atoms with Gasteiger partial charge < -0.3 is 4.90 Å². The topological polar surface area (TPSA) is 58.1 Å². The number of aromatic amines is 1. The van der Waals surface area contributed by atoms with Crippen molar-refractivity contribution < 1.29 is 4.39 Å². The second-order valence-electron chi connectivity index (χ2n) is 3.41. The summed E-state index contributed by atoms with van der Waals surface area (Å²) in [4.78, 5) is 26.7. The summed E-state index contributed by atoms with van der Waals surface area (Å²) in [5.74, 6) is -1.12. The predicted molar refractivity (Wildman–Crippen MR) is 59.5 cm³/mol. The number of hydrogen-bond donors (Lipinski definition) is 1. The standard InChI is InChI=1S/C9H13ClFN3O2/c1-3-13(2)4-5-14-8(15)6(11)7(10)12-9(14)16/h3-5H2,1-2H3,(H,12,16). The van der Waals surface area contributed by atoms with Gasteiger partial charge in [0.15, 0.2) is 5.15 Å². The number of likely N-dealkylation sites (N-methyl/N-ethyl adjacent to an activating group) is 1. The van der Waals surface area contributed by atoms with Crippen molar-refractivity contribution in [2.45, 2.75) is 13.5 Å². The molecular formula is C9H13ClFN3O2. The van der Waals surface area contributed by atoms with E-state index in [9.17, 15) is 14.0 Å². The van der Waals surface area contributed by atoms with Crippen LogP contribution < -0.4 is 11.2 Å². The van der Waals surface area contributed by atoms with E-state index in [4.69, 9.17) is 11.6 Å². The smallest absolute Gasteiger partial charge is 0.305 e. The van der Waals surface area contributed by atoms with Crippen molar-refractivity contribution >= 4 is 11.6 Å². The molecule has 0 fully saturated rings. The first-order valence-corrected chi connectivity index (χ1v) is 5.21. The van der Waals surface area contributed by atoms with E-state index in [1.54, 1.807) is 0 Å². The maximum Gasteiger partial charge on any atom is 0.329 e. The third kappa shape index (κ3) is 2.70. The quantitative estimate of drug-likeness (QED) is 0.780. The molecule has 0 amide bonds. The van der Waals surface area contributed by atoms with Crippen LogP contribution in [0.4, 0.5) is 4.39 Å². The third-order valence-electron chi connectivity index (χ3n) is 2.33. The Balaban J connectivity index is 3.02. The van der Waals surface area contributed by atoms with Gasteiger partial charge in [-0.15, -0.1) is 0 Å². The number of nitrogens with one attached hydrogen (secondary N) is 1. The van der Waals surface area contributed by atoms with Crippen LogP contribution in [0.25, 0.3) is 0 Å². The van der Waals surface area contributed by atoms with Crippen LogP contribution in [-0.2, 0) is 6.54 Å². The summed E-state index contributed by atoms with van der Waals surface area (Å²) in [7, 11) is 1.84. The molecule has 1 rings (SSSR count). The molecule has 0 saturated carbocycles. The number of H-pyrrole nitrogens is 1. The molecule has 0 aromatic carbocycles. The van der Waals surface area contributed by atoms with Crippen molar-refractivity contribution in [2.24, 2.45) is 0 Å². The molecule has 0 unspecified atom stereocenters. The first-order valence-electron chi connectivity index (χ1n) is 4.84. The van der Waals surface area contributed by atoms with Gasteiger partial charge in [0.05, 0.1) is 0 Å². The van der Waals surface area contributed by atoms with Crippen molar-refractivity contribution in [1.82, 2.24) is 14.5 Å². The van der Waals surface area contributed by atoms with Crippen LogP contribution in [0.5, 0.6) is 0 Å². The molecule has 16 heavy (non-hydrogen) atoms. The molecule has 7 heteroatoms. The fourth-order valence-corrected chi connectivity index (χ4v) is 1.31. The molecule has 0 spiro atoms. The second-order valence-corrected chi connectivity index (χ2v) is 3.79. The van der Waals surface area contributed by atoms with E-state index in [0.29, 0.717) is 6.54 Å². The molecule has 0 saturated heterocycles.